The van der Waals surface area contributed by atoms with Crippen LogP contribution in [0.3, 0.4) is 0 Å². The van der Waals surface area contributed by atoms with Gasteiger partial charge in [0.05, 0.1) is 30.6 Å². The maximum Gasteiger partial charge on any atom is 0.138 e. The molecule has 0 amide bonds. The Hall–Kier alpha value is -4.72. The number of nitrogens with zero attached hydrogens (tertiary/aromatic N) is 3. The number of pyridine rings is 2. The Morgan fingerprint density at radius 3 is 2.60 bits per heavy atom. The topological polar surface area (TPSA) is 88.7 Å². The molecular formula is C32H28FN5O2. The molecule has 200 valence electrons. The number of aromatic amines is 2. The van der Waals surface area contributed by atoms with E-state index in [1.165, 1.54) is 38.5 Å². The van der Waals surface area contributed by atoms with E-state index in [4.69, 9.17) is 9.47 Å². The zero-order chi connectivity index (χ0) is 27.1. The number of aromatic nitrogens is 5. The van der Waals surface area contributed by atoms with E-state index in [9.17, 15) is 4.39 Å². The molecule has 4 heterocycles. The second kappa shape index (κ2) is 10.1. The molecule has 0 saturated heterocycles. The third-order valence-corrected chi connectivity index (χ3v) is 7.67. The van der Waals surface area contributed by atoms with E-state index in [1.54, 1.807) is 12.4 Å². The van der Waals surface area contributed by atoms with Gasteiger partial charge in [-0.3, -0.25) is 10.1 Å². The largest absolute Gasteiger partial charge is 0.497 e. The van der Waals surface area contributed by atoms with Crippen LogP contribution in [-0.2, 0) is 0 Å². The van der Waals surface area contributed by atoms with Gasteiger partial charge < -0.3 is 14.5 Å². The van der Waals surface area contributed by atoms with Crippen LogP contribution in [0.5, 0.6) is 11.5 Å². The summed E-state index contributed by atoms with van der Waals surface area (Å²) in [5, 5.41) is 9.62. The summed E-state index contributed by atoms with van der Waals surface area (Å²) in [6, 6.07) is 16.9. The first-order valence-electron chi connectivity index (χ1n) is 13.6. The van der Waals surface area contributed by atoms with Crippen molar-refractivity contribution in [2.45, 2.75) is 38.2 Å². The maximum atomic E-state index is 14.3. The molecule has 0 radical (unpaired) electrons. The summed E-state index contributed by atoms with van der Waals surface area (Å²) in [6.45, 7) is 0. The molecule has 0 aliphatic heterocycles. The monoisotopic (exact) mass is 533 g/mol. The predicted molar refractivity (Wildman–Crippen MR) is 154 cm³/mol. The van der Waals surface area contributed by atoms with E-state index < -0.39 is 0 Å². The molecule has 6 aromatic rings. The maximum absolute atomic E-state index is 14.3. The summed E-state index contributed by atoms with van der Waals surface area (Å²) >= 11 is 0. The summed E-state index contributed by atoms with van der Waals surface area (Å²) in [7, 11) is 1.53. The van der Waals surface area contributed by atoms with Gasteiger partial charge >= 0.3 is 0 Å². The smallest absolute Gasteiger partial charge is 0.138 e. The molecule has 7 rings (SSSR count). The van der Waals surface area contributed by atoms with Crippen molar-refractivity contribution in [1.82, 2.24) is 25.1 Å². The lowest BCUT2D eigenvalue weighted by atomic mass is 9.98. The number of fused-ring (bicyclic) bond motifs is 2. The van der Waals surface area contributed by atoms with E-state index in [0.29, 0.717) is 17.0 Å². The van der Waals surface area contributed by atoms with Crippen LogP contribution >= 0.6 is 0 Å². The van der Waals surface area contributed by atoms with Gasteiger partial charge in [0.25, 0.3) is 0 Å². The number of nitrogens with one attached hydrogen (secondary N) is 2. The van der Waals surface area contributed by atoms with Crippen molar-refractivity contribution < 1.29 is 13.9 Å². The first-order valence-corrected chi connectivity index (χ1v) is 13.6. The molecule has 1 aliphatic rings. The molecule has 1 fully saturated rings. The Bertz CT molecular complexity index is 1840. The number of H-pyrrole nitrogens is 2. The quantitative estimate of drug-likeness (QED) is 0.229. The van der Waals surface area contributed by atoms with E-state index in [1.807, 2.05) is 30.5 Å². The molecule has 1 aliphatic carbocycles. The number of benzene rings is 2. The molecule has 0 unspecified atom stereocenters. The predicted octanol–water partition coefficient (Wildman–Crippen LogP) is 7.69. The fraction of sp³-hybridized carbons (Fsp3) is 0.219. The molecule has 0 spiro atoms. The van der Waals surface area contributed by atoms with Gasteiger partial charge in [0.15, 0.2) is 0 Å². The highest BCUT2D eigenvalue weighted by Crippen LogP contribution is 2.36. The van der Waals surface area contributed by atoms with Crippen LogP contribution in [0.2, 0.25) is 0 Å². The molecule has 8 heteroatoms. The second-order valence-corrected chi connectivity index (χ2v) is 10.3. The molecule has 4 aromatic heterocycles. The number of methoxy groups -OCH3 is 1. The minimum atomic E-state index is -0.358. The summed E-state index contributed by atoms with van der Waals surface area (Å²) in [4.78, 5) is 12.4. The van der Waals surface area contributed by atoms with Crippen LogP contribution in [0.4, 0.5) is 4.39 Å². The minimum absolute atomic E-state index is 0.266. The molecule has 0 atom stereocenters. The number of hydrogen-bond donors (Lipinski definition) is 2. The first-order chi connectivity index (χ1) is 19.6. The van der Waals surface area contributed by atoms with Crippen LogP contribution in [0.1, 0.15) is 32.1 Å². The van der Waals surface area contributed by atoms with Crippen molar-refractivity contribution in [3.8, 4) is 45.1 Å². The SMILES string of the molecule is COc1cc(F)cc(-c2ccnc3[nH]c(-c4n[nH]c5ccc(-c6cncc(OC7CCCCC7)c6)cc45)cc23)c1. The fourth-order valence-corrected chi connectivity index (χ4v) is 5.66. The number of ether oxygens (including phenoxy) is 2. The van der Waals surface area contributed by atoms with Crippen LogP contribution in [0, 0.1) is 5.82 Å². The van der Waals surface area contributed by atoms with Crippen molar-refractivity contribution in [3.05, 3.63) is 79.0 Å². The summed E-state index contributed by atoms with van der Waals surface area (Å²) < 4.78 is 25.8. The van der Waals surface area contributed by atoms with Gasteiger partial charge in [-0.1, -0.05) is 12.5 Å². The van der Waals surface area contributed by atoms with E-state index >= 15 is 0 Å². The molecule has 2 N–H and O–H groups in total. The molecule has 1 saturated carbocycles. The molecule has 7 nitrogen and oxygen atoms in total. The van der Waals surface area contributed by atoms with Gasteiger partial charge in [0.1, 0.15) is 28.7 Å². The van der Waals surface area contributed by atoms with E-state index in [0.717, 1.165) is 63.0 Å². The van der Waals surface area contributed by atoms with Gasteiger partial charge in [-0.25, -0.2) is 9.37 Å². The average Bonchev–Trinajstić information content (AvgIpc) is 3.61. The zero-order valence-electron chi connectivity index (χ0n) is 22.1. The lowest BCUT2D eigenvalue weighted by molar-refractivity contribution is 0.154. The van der Waals surface area contributed by atoms with Crippen molar-refractivity contribution >= 4 is 21.9 Å². The van der Waals surface area contributed by atoms with E-state index in [2.05, 4.69) is 43.3 Å². The van der Waals surface area contributed by atoms with E-state index in [-0.39, 0.29) is 11.9 Å². The number of rotatable bonds is 6. The molecule has 0 bridgehead atoms. The third-order valence-electron chi connectivity index (χ3n) is 7.67. The standard InChI is InChI=1S/C32H28FN5O2/c1-39-24-12-20(11-22(33)15-24)26-9-10-35-32-27(26)16-30(36-32)31-28-14-19(7-8-29(28)37-38-31)21-13-25(18-34-17-21)40-23-5-3-2-4-6-23/h7-18,23H,2-6H2,1H3,(H,35,36)(H,37,38). The van der Waals surface area contributed by atoms with Gasteiger partial charge in [0.2, 0.25) is 0 Å². The Kier molecular flexibility index (Phi) is 6.15. The number of halogens is 1. The number of hydrogen-bond acceptors (Lipinski definition) is 5. The van der Waals surface area contributed by atoms with Gasteiger partial charge in [-0.15, -0.1) is 0 Å². The Balaban J connectivity index is 1.26. The van der Waals surface area contributed by atoms with Crippen molar-refractivity contribution in [2.75, 3.05) is 7.11 Å². The highest BCUT2D eigenvalue weighted by atomic mass is 19.1. The highest BCUT2D eigenvalue weighted by molar-refractivity contribution is 6.00. The normalized spacial score (nSPS) is 14.2. The van der Waals surface area contributed by atoms with Gasteiger partial charge in [0, 0.05) is 34.8 Å². The average molecular weight is 534 g/mol. The first kappa shape index (κ1) is 24.3. The zero-order valence-corrected chi connectivity index (χ0v) is 22.1. The fourth-order valence-electron chi connectivity index (χ4n) is 5.66. The molecular weight excluding hydrogens is 505 g/mol. The minimum Gasteiger partial charge on any atom is -0.497 e. The van der Waals surface area contributed by atoms with Crippen molar-refractivity contribution in [1.29, 1.82) is 0 Å². The van der Waals surface area contributed by atoms with Crippen LogP contribution < -0.4 is 9.47 Å². The van der Waals surface area contributed by atoms with Crippen molar-refractivity contribution in [2.24, 2.45) is 0 Å². The highest BCUT2D eigenvalue weighted by Gasteiger charge is 2.17. The van der Waals surface area contributed by atoms with Gasteiger partial charge in [-0.2, -0.15) is 5.10 Å². The second-order valence-electron chi connectivity index (χ2n) is 10.3. The summed E-state index contributed by atoms with van der Waals surface area (Å²) in [5.41, 5.74) is 6.79. The third kappa shape index (κ3) is 4.55. The molecule has 40 heavy (non-hydrogen) atoms. The Morgan fingerprint density at radius 2 is 1.73 bits per heavy atom. The summed E-state index contributed by atoms with van der Waals surface area (Å²) in [6.07, 6.45) is 11.6. The Morgan fingerprint density at radius 1 is 0.850 bits per heavy atom. The Labute approximate surface area is 230 Å². The summed E-state index contributed by atoms with van der Waals surface area (Å²) in [5.74, 6) is 0.910. The van der Waals surface area contributed by atoms with Crippen molar-refractivity contribution in [3.63, 3.8) is 0 Å². The van der Waals surface area contributed by atoms with Crippen LogP contribution in [-0.4, -0.2) is 38.4 Å². The van der Waals surface area contributed by atoms with Crippen LogP contribution in [0.25, 0.3) is 55.6 Å². The molecule has 2 aromatic carbocycles. The van der Waals surface area contributed by atoms with Crippen LogP contribution in [0.15, 0.2) is 73.2 Å². The lowest BCUT2D eigenvalue weighted by Crippen LogP contribution is -2.19. The van der Waals surface area contributed by atoms with Gasteiger partial charge in [-0.05, 0) is 84.8 Å². The lowest BCUT2D eigenvalue weighted by Gasteiger charge is -2.23.